The molecule has 2 aromatic carbocycles. The van der Waals surface area contributed by atoms with Crippen molar-refractivity contribution in [3.05, 3.63) is 65.3 Å². The van der Waals surface area contributed by atoms with Gasteiger partial charge in [-0.25, -0.2) is 9.97 Å². The third-order valence-electron chi connectivity index (χ3n) is 4.38. The number of hydrogen-bond donors (Lipinski definition) is 2. The third-order valence-corrected chi connectivity index (χ3v) is 4.71. The molecular weight excluding hydrogens is 418 g/mol. The minimum atomic E-state index is -0.0833. The van der Waals surface area contributed by atoms with Crippen LogP contribution in [-0.4, -0.2) is 45.1 Å². The van der Waals surface area contributed by atoms with E-state index in [0.717, 1.165) is 5.56 Å². The first-order chi connectivity index (χ1) is 14.9. The summed E-state index contributed by atoms with van der Waals surface area (Å²) in [5.41, 5.74) is 8.75. The van der Waals surface area contributed by atoms with Gasteiger partial charge in [0.25, 0.3) is 11.8 Å². The summed E-state index contributed by atoms with van der Waals surface area (Å²) in [6, 6.07) is 14.4. The zero-order chi connectivity index (χ0) is 22.0. The lowest BCUT2D eigenvalue weighted by Crippen LogP contribution is -2.21. The van der Waals surface area contributed by atoms with Crippen LogP contribution in [0, 0.1) is 0 Å². The molecule has 4 aromatic rings. The number of halogens is 1. The van der Waals surface area contributed by atoms with E-state index in [1.165, 1.54) is 4.90 Å². The highest BCUT2D eigenvalue weighted by Gasteiger charge is 2.17. The Morgan fingerprint density at radius 1 is 1.10 bits per heavy atom. The molecule has 0 bridgehead atoms. The molecule has 0 aliphatic heterocycles. The van der Waals surface area contributed by atoms with Crippen molar-refractivity contribution >= 4 is 35.0 Å². The summed E-state index contributed by atoms with van der Waals surface area (Å²) < 4.78 is 5.65. The topological polar surface area (TPSA) is 123 Å². The first-order valence-electron chi connectivity index (χ1n) is 9.22. The van der Waals surface area contributed by atoms with Crippen molar-refractivity contribution in [3.8, 4) is 22.8 Å². The van der Waals surface area contributed by atoms with Crippen molar-refractivity contribution in [2.45, 2.75) is 0 Å². The second-order valence-electron chi connectivity index (χ2n) is 6.78. The second kappa shape index (κ2) is 8.41. The van der Waals surface area contributed by atoms with Gasteiger partial charge in [0, 0.05) is 25.2 Å². The van der Waals surface area contributed by atoms with Crippen LogP contribution in [0.4, 0.5) is 17.5 Å². The van der Waals surface area contributed by atoms with E-state index >= 15 is 0 Å². The molecule has 0 saturated carbocycles. The summed E-state index contributed by atoms with van der Waals surface area (Å²) in [7, 11) is 3.40. The van der Waals surface area contributed by atoms with Crippen LogP contribution in [0.3, 0.4) is 0 Å². The maximum atomic E-state index is 12.1. The Morgan fingerprint density at radius 2 is 1.84 bits per heavy atom. The largest absolute Gasteiger partial charge is 0.401 e. The van der Waals surface area contributed by atoms with Crippen LogP contribution in [0.2, 0.25) is 5.02 Å². The van der Waals surface area contributed by atoms with E-state index in [1.54, 1.807) is 56.7 Å². The molecule has 0 aliphatic rings. The Hall–Kier alpha value is -3.98. The Kier molecular flexibility index (Phi) is 5.50. The molecule has 0 spiro atoms. The molecular formula is C21H18ClN7O2. The first kappa shape index (κ1) is 20.3. The smallest absolute Gasteiger partial charge is 0.320 e. The molecule has 0 unspecified atom stereocenters. The number of nitrogens with zero attached hydrogens (tertiary/aromatic N) is 5. The van der Waals surface area contributed by atoms with Crippen LogP contribution < -0.4 is 11.1 Å². The van der Waals surface area contributed by atoms with E-state index in [0.29, 0.717) is 22.0 Å². The number of aromatic nitrogens is 4. The highest BCUT2D eigenvalue weighted by molar-refractivity contribution is 6.33. The van der Waals surface area contributed by atoms with Crippen LogP contribution in [0.15, 0.2) is 59.1 Å². The lowest BCUT2D eigenvalue weighted by atomic mass is 10.1. The maximum absolute atomic E-state index is 12.1. The number of rotatable bonds is 5. The average molecular weight is 436 g/mol. The molecule has 4 rings (SSSR count). The molecule has 31 heavy (non-hydrogen) atoms. The van der Waals surface area contributed by atoms with Gasteiger partial charge in [0.2, 0.25) is 0 Å². The lowest BCUT2D eigenvalue weighted by molar-refractivity contribution is 0.0827. The normalized spacial score (nSPS) is 10.7. The lowest BCUT2D eigenvalue weighted by Gasteiger charge is -2.10. The minimum Gasteiger partial charge on any atom is -0.401 e. The van der Waals surface area contributed by atoms with Crippen molar-refractivity contribution in [2.75, 3.05) is 25.1 Å². The summed E-state index contributed by atoms with van der Waals surface area (Å²) in [4.78, 5) is 22.3. The van der Waals surface area contributed by atoms with Crippen molar-refractivity contribution < 1.29 is 9.21 Å². The number of nitrogens with one attached hydrogen (secondary N) is 1. The Labute approximate surface area is 182 Å². The van der Waals surface area contributed by atoms with Crippen molar-refractivity contribution in [1.29, 1.82) is 0 Å². The van der Waals surface area contributed by atoms with E-state index in [-0.39, 0.29) is 29.3 Å². The monoisotopic (exact) mass is 435 g/mol. The van der Waals surface area contributed by atoms with Crippen molar-refractivity contribution in [1.82, 2.24) is 25.1 Å². The Balaban J connectivity index is 1.61. The van der Waals surface area contributed by atoms with Gasteiger partial charge in [0.05, 0.1) is 22.6 Å². The van der Waals surface area contributed by atoms with E-state index < -0.39 is 0 Å². The molecule has 0 atom stereocenters. The number of amides is 1. The van der Waals surface area contributed by atoms with Gasteiger partial charge in [-0.15, -0.1) is 5.10 Å². The zero-order valence-corrected chi connectivity index (χ0v) is 17.5. The summed E-state index contributed by atoms with van der Waals surface area (Å²) in [5, 5.41) is 11.4. The van der Waals surface area contributed by atoms with Gasteiger partial charge in [0.15, 0.2) is 11.5 Å². The third kappa shape index (κ3) is 4.31. The quantitative estimate of drug-likeness (QED) is 0.484. The number of carbonyl (C=O) groups is 1. The van der Waals surface area contributed by atoms with Gasteiger partial charge in [-0.2, -0.15) is 0 Å². The maximum Gasteiger partial charge on any atom is 0.320 e. The molecule has 2 heterocycles. The van der Waals surface area contributed by atoms with Crippen molar-refractivity contribution in [2.24, 2.45) is 0 Å². The van der Waals surface area contributed by atoms with Gasteiger partial charge in [-0.1, -0.05) is 41.0 Å². The molecule has 156 valence electrons. The van der Waals surface area contributed by atoms with Gasteiger partial charge >= 0.3 is 6.01 Å². The Morgan fingerprint density at radius 3 is 2.55 bits per heavy atom. The van der Waals surface area contributed by atoms with Crippen LogP contribution in [0.1, 0.15) is 10.4 Å². The molecule has 0 radical (unpaired) electrons. The summed E-state index contributed by atoms with van der Waals surface area (Å²) in [5.74, 6) is 0.178. The van der Waals surface area contributed by atoms with Gasteiger partial charge in [-0.05, 0) is 24.3 Å². The molecule has 9 nitrogen and oxygen atoms in total. The number of nitrogens with two attached hydrogens (primary N) is 1. The van der Waals surface area contributed by atoms with Crippen LogP contribution in [-0.2, 0) is 0 Å². The zero-order valence-electron chi connectivity index (χ0n) is 16.7. The highest BCUT2D eigenvalue weighted by atomic mass is 35.5. The number of para-hydroxylation sites is 1. The molecule has 2 aromatic heterocycles. The number of nitrogen functional groups attached to an aromatic ring is 1. The van der Waals surface area contributed by atoms with Crippen molar-refractivity contribution in [3.63, 3.8) is 0 Å². The van der Waals surface area contributed by atoms with E-state index in [4.69, 9.17) is 21.8 Å². The fourth-order valence-electron chi connectivity index (χ4n) is 2.78. The van der Waals surface area contributed by atoms with E-state index in [2.05, 4.69) is 25.5 Å². The Bertz CT molecular complexity index is 1240. The number of carbonyl (C=O) groups excluding carboxylic acids is 1. The number of benzene rings is 2. The predicted octanol–water partition coefficient (Wildman–Crippen LogP) is 3.87. The number of anilines is 3. The average Bonchev–Trinajstić information content (AvgIpc) is 3.23. The second-order valence-corrected chi connectivity index (χ2v) is 7.19. The van der Waals surface area contributed by atoms with Gasteiger partial charge < -0.3 is 20.4 Å². The van der Waals surface area contributed by atoms with Gasteiger partial charge in [0.1, 0.15) is 0 Å². The van der Waals surface area contributed by atoms with Crippen LogP contribution >= 0.6 is 11.6 Å². The molecule has 0 fully saturated rings. The molecule has 0 aliphatic carbocycles. The highest BCUT2D eigenvalue weighted by Crippen LogP contribution is 2.29. The molecule has 0 saturated heterocycles. The molecule has 10 heteroatoms. The molecule has 1 amide bonds. The first-order valence-corrected chi connectivity index (χ1v) is 9.60. The fraction of sp³-hybridized carbons (Fsp3) is 0.0952. The van der Waals surface area contributed by atoms with E-state index in [9.17, 15) is 4.79 Å². The molecule has 3 N–H and O–H groups in total. The fourth-order valence-corrected chi connectivity index (χ4v) is 2.97. The number of hydrogen-bond acceptors (Lipinski definition) is 8. The van der Waals surface area contributed by atoms with Crippen LogP contribution in [0.25, 0.3) is 22.8 Å². The minimum absolute atomic E-state index is 0.0833. The van der Waals surface area contributed by atoms with E-state index in [1.807, 2.05) is 12.1 Å². The summed E-state index contributed by atoms with van der Waals surface area (Å²) in [6.07, 6.45) is 1.54. The standard InChI is InChI=1S/C21H18ClN7O2/c1-29(2)20(30)13-9-7-12(8-10-13)16-11-24-18(23)17(25-16)19-27-28-21(31-19)26-15-6-4-3-5-14(15)22/h3-11H,1-2H3,(H2,23,24)(H,26,28). The summed E-state index contributed by atoms with van der Waals surface area (Å²) >= 11 is 6.14. The predicted molar refractivity (Wildman–Crippen MR) is 118 cm³/mol. The SMILES string of the molecule is CN(C)C(=O)c1ccc(-c2cnc(N)c(-c3nnc(Nc4ccccc4Cl)o3)n2)cc1. The van der Waals surface area contributed by atoms with Gasteiger partial charge in [-0.3, -0.25) is 4.79 Å². The summed E-state index contributed by atoms with van der Waals surface area (Å²) in [6.45, 7) is 0. The van der Waals surface area contributed by atoms with Crippen LogP contribution in [0.5, 0.6) is 0 Å².